The van der Waals surface area contributed by atoms with Crippen LogP contribution in [-0.2, 0) is 9.59 Å². The predicted octanol–water partition coefficient (Wildman–Crippen LogP) is 6.74. The first-order valence-corrected chi connectivity index (χ1v) is 12.3. The monoisotopic (exact) mass is 404 g/mol. The second kappa shape index (κ2) is 8.71. The highest BCUT2D eigenvalue weighted by atomic mass is 16.4. The molecule has 1 N–H and O–H groups in total. The Morgan fingerprint density at radius 1 is 1.07 bits per heavy atom. The number of carboxylic acids is 1. The van der Waals surface area contributed by atoms with Crippen LogP contribution in [0.3, 0.4) is 0 Å². The highest BCUT2D eigenvalue weighted by Gasteiger charge is 2.59. The molecule has 0 aromatic rings. The first-order chi connectivity index (χ1) is 13.6. The third-order valence-corrected chi connectivity index (χ3v) is 9.66. The number of Topliss-reactive ketones (excluding diaryl/α,β-unsaturated/α-hetero) is 1. The molecule has 3 rings (SSSR count). The van der Waals surface area contributed by atoms with Crippen molar-refractivity contribution in [1.29, 1.82) is 0 Å². The van der Waals surface area contributed by atoms with Crippen molar-refractivity contribution in [2.45, 2.75) is 105 Å². The summed E-state index contributed by atoms with van der Waals surface area (Å²) in [5, 5.41) is 9.22. The largest absolute Gasteiger partial charge is 0.481 e. The highest BCUT2D eigenvalue weighted by Crippen LogP contribution is 2.65. The van der Waals surface area contributed by atoms with Crippen LogP contribution in [0.5, 0.6) is 0 Å². The van der Waals surface area contributed by atoms with Crippen LogP contribution in [0.4, 0.5) is 0 Å². The second-order valence-electron chi connectivity index (χ2n) is 11.7. The molecule has 0 radical (unpaired) electrons. The lowest BCUT2D eigenvalue weighted by Crippen LogP contribution is -2.52. The minimum Gasteiger partial charge on any atom is -0.481 e. The maximum atomic E-state index is 12.9. The van der Waals surface area contributed by atoms with Gasteiger partial charge in [0.05, 0.1) is 0 Å². The van der Waals surface area contributed by atoms with Gasteiger partial charge in [-0.1, -0.05) is 53.9 Å². The van der Waals surface area contributed by atoms with Crippen molar-refractivity contribution in [2.24, 2.45) is 46.3 Å². The molecule has 3 fully saturated rings. The quantitative estimate of drug-likeness (QED) is 0.487. The summed E-state index contributed by atoms with van der Waals surface area (Å²) in [7, 11) is 0. The minimum atomic E-state index is -0.766. The van der Waals surface area contributed by atoms with Crippen LogP contribution in [0.2, 0.25) is 0 Å². The smallest absolute Gasteiger partial charge is 0.303 e. The van der Waals surface area contributed by atoms with Gasteiger partial charge in [-0.15, -0.1) is 0 Å². The zero-order chi connectivity index (χ0) is 21.4. The van der Waals surface area contributed by atoms with Crippen LogP contribution >= 0.6 is 0 Å². The van der Waals surface area contributed by atoms with Crippen LogP contribution in [0.1, 0.15) is 105 Å². The van der Waals surface area contributed by atoms with E-state index in [9.17, 15) is 14.7 Å². The molecule has 0 amide bonds. The van der Waals surface area contributed by atoms with Gasteiger partial charge in [0.1, 0.15) is 5.78 Å². The van der Waals surface area contributed by atoms with E-state index in [0.717, 1.165) is 36.5 Å². The maximum absolute atomic E-state index is 12.9. The van der Waals surface area contributed by atoms with Crippen molar-refractivity contribution in [3.8, 4) is 0 Å². The molecule has 0 saturated heterocycles. The van der Waals surface area contributed by atoms with E-state index in [0.29, 0.717) is 35.9 Å². The van der Waals surface area contributed by atoms with Crippen molar-refractivity contribution in [3.63, 3.8) is 0 Å². The molecule has 166 valence electrons. The summed E-state index contributed by atoms with van der Waals surface area (Å²) in [6, 6.07) is 0. The summed E-state index contributed by atoms with van der Waals surface area (Å²) in [6.07, 6.45) is 11.4. The third kappa shape index (κ3) is 4.30. The number of carbonyl (C=O) groups excluding carboxylic acids is 1. The third-order valence-electron chi connectivity index (χ3n) is 9.66. The average molecular weight is 405 g/mol. The first-order valence-electron chi connectivity index (χ1n) is 12.3. The predicted molar refractivity (Wildman–Crippen MR) is 118 cm³/mol. The van der Waals surface area contributed by atoms with Gasteiger partial charge in [-0.3, -0.25) is 9.59 Å². The normalized spacial score (nSPS) is 40.6. The maximum Gasteiger partial charge on any atom is 0.303 e. The van der Waals surface area contributed by atoms with Crippen LogP contribution < -0.4 is 0 Å². The second-order valence-corrected chi connectivity index (χ2v) is 11.7. The van der Waals surface area contributed by atoms with Gasteiger partial charge in [0, 0.05) is 18.3 Å². The van der Waals surface area contributed by atoms with Crippen molar-refractivity contribution in [2.75, 3.05) is 0 Å². The minimum absolute atomic E-state index is 0.128. The van der Waals surface area contributed by atoms with Gasteiger partial charge in [0.25, 0.3) is 0 Å². The van der Waals surface area contributed by atoms with Crippen molar-refractivity contribution in [1.82, 2.24) is 0 Å². The molecule has 0 aromatic heterocycles. The summed E-state index contributed by atoms with van der Waals surface area (Å²) < 4.78 is 0. The summed E-state index contributed by atoms with van der Waals surface area (Å²) in [4.78, 5) is 24.1. The average Bonchev–Trinajstić information content (AvgIpc) is 3.00. The fourth-order valence-electron chi connectivity index (χ4n) is 7.99. The van der Waals surface area contributed by atoms with Crippen LogP contribution in [-0.4, -0.2) is 16.9 Å². The molecule has 0 aliphatic heterocycles. The molecule has 0 spiro atoms. The molecule has 0 aromatic carbocycles. The van der Waals surface area contributed by atoms with E-state index in [1.165, 1.54) is 38.5 Å². The van der Waals surface area contributed by atoms with E-state index < -0.39 is 11.4 Å². The Balaban J connectivity index is 1.73. The standard InChI is InChI=1S/C26H44O3/c1-17(2)7-6-8-18(3)20-10-11-21-19-9-12-23(27)26(5,16-14-24(28)29)22(19)13-15-25(20,21)4/h17-22H,6-16H2,1-5H3,(H,28,29)/t18?,19?,20?,21?,22?,25-,26-/m1/s1. The van der Waals surface area contributed by atoms with E-state index in [4.69, 9.17) is 0 Å². The summed E-state index contributed by atoms with van der Waals surface area (Å²) in [5.41, 5.74) is 0.0100. The Hall–Kier alpha value is -0.860. The fraction of sp³-hybridized carbons (Fsp3) is 0.923. The van der Waals surface area contributed by atoms with Crippen molar-refractivity contribution in [3.05, 3.63) is 0 Å². The van der Waals surface area contributed by atoms with E-state index in [-0.39, 0.29) is 6.42 Å². The molecule has 3 saturated carbocycles. The van der Waals surface area contributed by atoms with Crippen LogP contribution in [0, 0.1) is 46.3 Å². The number of carbonyl (C=O) groups is 2. The molecule has 3 aliphatic carbocycles. The zero-order valence-corrected chi connectivity index (χ0v) is 19.5. The number of aliphatic carboxylic acids is 1. The molecule has 3 nitrogen and oxygen atoms in total. The zero-order valence-electron chi connectivity index (χ0n) is 19.5. The number of fused-ring (bicyclic) bond motifs is 3. The van der Waals surface area contributed by atoms with Crippen molar-refractivity contribution < 1.29 is 14.7 Å². The Morgan fingerprint density at radius 2 is 1.79 bits per heavy atom. The molecular formula is C26H44O3. The van der Waals surface area contributed by atoms with Gasteiger partial charge < -0.3 is 5.11 Å². The van der Waals surface area contributed by atoms with E-state index in [1.54, 1.807) is 0 Å². The fourth-order valence-corrected chi connectivity index (χ4v) is 7.99. The first kappa shape index (κ1) is 22.8. The Morgan fingerprint density at radius 3 is 2.45 bits per heavy atom. The molecule has 0 bridgehead atoms. The van der Waals surface area contributed by atoms with Gasteiger partial charge in [-0.25, -0.2) is 0 Å². The van der Waals surface area contributed by atoms with Crippen molar-refractivity contribution >= 4 is 11.8 Å². The molecule has 7 atom stereocenters. The number of rotatable bonds is 8. The van der Waals surface area contributed by atoms with Gasteiger partial charge in [-0.2, -0.15) is 0 Å². The lowest BCUT2D eigenvalue weighted by Gasteiger charge is -2.56. The lowest BCUT2D eigenvalue weighted by atomic mass is 9.48. The Bertz CT molecular complexity index is 611. The number of hydrogen-bond donors (Lipinski definition) is 1. The SMILES string of the molecule is CC(C)CCCC(C)C1CCC2C3CCC(=O)[C@](C)(CCC(=O)O)C3CC[C@]12C. The van der Waals surface area contributed by atoms with Gasteiger partial charge in [0.2, 0.25) is 0 Å². The van der Waals surface area contributed by atoms with Gasteiger partial charge in [0.15, 0.2) is 0 Å². The molecule has 0 heterocycles. The molecular weight excluding hydrogens is 360 g/mol. The molecule has 3 aliphatic rings. The van der Waals surface area contributed by atoms with Crippen LogP contribution in [0.25, 0.3) is 0 Å². The van der Waals surface area contributed by atoms with Gasteiger partial charge in [-0.05, 0) is 79.4 Å². The summed E-state index contributed by atoms with van der Waals surface area (Å²) in [5.74, 6) is 3.74. The molecule has 29 heavy (non-hydrogen) atoms. The summed E-state index contributed by atoms with van der Waals surface area (Å²) in [6.45, 7) is 11.8. The number of ketones is 1. The Kier molecular flexibility index (Phi) is 6.85. The highest BCUT2D eigenvalue weighted by molar-refractivity contribution is 5.86. The van der Waals surface area contributed by atoms with E-state index in [2.05, 4.69) is 34.6 Å². The molecule has 5 unspecified atom stereocenters. The number of carboxylic acid groups (broad SMARTS) is 1. The van der Waals surface area contributed by atoms with Gasteiger partial charge >= 0.3 is 5.97 Å². The topological polar surface area (TPSA) is 54.4 Å². The Labute approximate surface area is 178 Å². The van der Waals surface area contributed by atoms with E-state index >= 15 is 0 Å². The summed E-state index contributed by atoms with van der Waals surface area (Å²) >= 11 is 0. The number of hydrogen-bond acceptors (Lipinski definition) is 2. The van der Waals surface area contributed by atoms with E-state index in [1.807, 2.05) is 0 Å². The van der Waals surface area contributed by atoms with Crippen LogP contribution in [0.15, 0.2) is 0 Å². The molecule has 3 heteroatoms. The lowest BCUT2D eigenvalue weighted by molar-refractivity contribution is -0.148.